The first-order valence-electron chi connectivity index (χ1n) is 5.19. The third-order valence-electron chi connectivity index (χ3n) is 1.91. The predicted molar refractivity (Wildman–Crippen MR) is 65.3 cm³/mol. The molecule has 0 saturated heterocycles. The van der Waals surface area contributed by atoms with Gasteiger partial charge in [0.25, 0.3) is 0 Å². The molecule has 0 spiro atoms. The van der Waals surface area contributed by atoms with Crippen molar-refractivity contribution in [1.82, 2.24) is 0 Å². The van der Waals surface area contributed by atoms with Gasteiger partial charge in [0.05, 0.1) is 19.8 Å². The van der Waals surface area contributed by atoms with Gasteiger partial charge in [-0.15, -0.1) is 0 Å². The monoisotopic (exact) mass is 272 g/mol. The molecule has 0 amide bonds. The Balaban J connectivity index is 1.93. The van der Waals surface area contributed by atoms with Crippen molar-refractivity contribution in [1.29, 1.82) is 0 Å². The summed E-state index contributed by atoms with van der Waals surface area (Å²) >= 11 is 3.35. The smallest absolute Gasteiger partial charge is 0.0718 e. The van der Waals surface area contributed by atoms with Gasteiger partial charge in [0.2, 0.25) is 0 Å². The maximum Gasteiger partial charge on any atom is 0.0718 e. The molecule has 1 aromatic carbocycles. The molecule has 1 aromatic rings. The van der Waals surface area contributed by atoms with Crippen molar-refractivity contribution < 1.29 is 9.47 Å². The fraction of sp³-hybridized carbons (Fsp3) is 0.500. The van der Waals surface area contributed by atoms with Crippen LogP contribution in [-0.2, 0) is 16.1 Å². The lowest BCUT2D eigenvalue weighted by Gasteiger charge is -2.05. The highest BCUT2D eigenvalue weighted by Crippen LogP contribution is 2.00. The van der Waals surface area contributed by atoms with Gasteiger partial charge in [-0.1, -0.05) is 46.3 Å². The van der Waals surface area contributed by atoms with E-state index in [0.29, 0.717) is 19.8 Å². The molecule has 15 heavy (non-hydrogen) atoms. The number of alkyl halides is 1. The third-order valence-corrected chi connectivity index (χ3v) is 2.47. The van der Waals surface area contributed by atoms with Crippen LogP contribution in [0.5, 0.6) is 0 Å². The van der Waals surface area contributed by atoms with Crippen LogP contribution in [-0.4, -0.2) is 25.2 Å². The van der Waals surface area contributed by atoms with Crippen LogP contribution in [0.3, 0.4) is 0 Å². The fourth-order valence-electron chi connectivity index (χ4n) is 1.14. The molecule has 0 unspecified atom stereocenters. The minimum Gasteiger partial charge on any atom is -0.379 e. The average Bonchev–Trinajstić information content (AvgIpc) is 2.29. The second kappa shape index (κ2) is 8.89. The quantitative estimate of drug-likeness (QED) is 0.535. The topological polar surface area (TPSA) is 18.5 Å². The largest absolute Gasteiger partial charge is 0.379 e. The normalized spacial score (nSPS) is 10.5. The zero-order valence-corrected chi connectivity index (χ0v) is 10.4. The molecule has 0 radical (unpaired) electrons. The molecule has 0 N–H and O–H groups in total. The summed E-state index contributed by atoms with van der Waals surface area (Å²) in [6, 6.07) is 10.2. The van der Waals surface area contributed by atoms with Crippen LogP contribution in [0.25, 0.3) is 0 Å². The van der Waals surface area contributed by atoms with Gasteiger partial charge in [-0.2, -0.15) is 0 Å². The van der Waals surface area contributed by atoms with Crippen molar-refractivity contribution in [3.8, 4) is 0 Å². The number of benzene rings is 1. The molecule has 3 heteroatoms. The molecule has 0 aliphatic rings. The molecular weight excluding hydrogens is 256 g/mol. The van der Waals surface area contributed by atoms with Crippen LogP contribution in [0, 0.1) is 0 Å². The van der Waals surface area contributed by atoms with E-state index in [-0.39, 0.29) is 0 Å². The Kier molecular flexibility index (Phi) is 7.52. The summed E-state index contributed by atoms with van der Waals surface area (Å²) < 4.78 is 10.8. The van der Waals surface area contributed by atoms with Crippen molar-refractivity contribution in [2.24, 2.45) is 0 Å². The van der Waals surface area contributed by atoms with Gasteiger partial charge in [0.15, 0.2) is 0 Å². The summed E-state index contributed by atoms with van der Waals surface area (Å²) in [5.41, 5.74) is 1.21. The lowest BCUT2D eigenvalue weighted by atomic mass is 10.2. The van der Waals surface area contributed by atoms with E-state index in [4.69, 9.17) is 9.47 Å². The summed E-state index contributed by atoms with van der Waals surface area (Å²) in [6.45, 7) is 2.82. The summed E-state index contributed by atoms with van der Waals surface area (Å²) in [5, 5.41) is 0.998. The van der Waals surface area contributed by atoms with Crippen molar-refractivity contribution in [2.45, 2.75) is 13.0 Å². The molecule has 0 aliphatic carbocycles. The number of ether oxygens (including phenoxy) is 2. The minimum atomic E-state index is 0.664. The van der Waals surface area contributed by atoms with Crippen LogP contribution in [0.4, 0.5) is 0 Å². The highest BCUT2D eigenvalue weighted by Gasteiger charge is 1.92. The van der Waals surface area contributed by atoms with Crippen molar-refractivity contribution in [2.75, 3.05) is 25.2 Å². The minimum absolute atomic E-state index is 0.664. The SMILES string of the molecule is BrCCCOCCOCc1ccccc1. The highest BCUT2D eigenvalue weighted by atomic mass is 79.9. The van der Waals surface area contributed by atoms with E-state index in [2.05, 4.69) is 28.1 Å². The zero-order chi connectivity index (χ0) is 10.8. The maximum absolute atomic E-state index is 5.46. The van der Waals surface area contributed by atoms with Gasteiger partial charge in [-0.3, -0.25) is 0 Å². The third kappa shape index (κ3) is 6.66. The van der Waals surface area contributed by atoms with Gasteiger partial charge < -0.3 is 9.47 Å². The van der Waals surface area contributed by atoms with Crippen molar-refractivity contribution in [3.05, 3.63) is 35.9 Å². The maximum atomic E-state index is 5.46. The Bertz CT molecular complexity index is 239. The summed E-state index contributed by atoms with van der Waals surface area (Å²) in [7, 11) is 0. The van der Waals surface area contributed by atoms with Crippen LogP contribution in [0.15, 0.2) is 30.3 Å². The second-order valence-electron chi connectivity index (χ2n) is 3.19. The molecule has 84 valence electrons. The van der Waals surface area contributed by atoms with Crippen LogP contribution >= 0.6 is 15.9 Å². The Labute approximate surface area is 99.7 Å². The van der Waals surface area contributed by atoms with E-state index in [9.17, 15) is 0 Å². The second-order valence-corrected chi connectivity index (χ2v) is 3.99. The van der Waals surface area contributed by atoms with Gasteiger partial charge in [-0.05, 0) is 12.0 Å². The summed E-state index contributed by atoms with van der Waals surface area (Å²) in [5.74, 6) is 0. The Hall–Kier alpha value is -0.380. The van der Waals surface area contributed by atoms with E-state index in [1.54, 1.807) is 0 Å². The van der Waals surface area contributed by atoms with E-state index in [1.165, 1.54) is 5.56 Å². The Morgan fingerprint density at radius 3 is 2.40 bits per heavy atom. The van der Waals surface area contributed by atoms with E-state index >= 15 is 0 Å². The first kappa shape index (κ1) is 12.7. The molecule has 1 rings (SSSR count). The predicted octanol–water partition coefficient (Wildman–Crippen LogP) is 3.00. The molecule has 0 heterocycles. The van der Waals surface area contributed by atoms with Crippen LogP contribution in [0.1, 0.15) is 12.0 Å². The number of hydrogen-bond acceptors (Lipinski definition) is 2. The van der Waals surface area contributed by atoms with Crippen LogP contribution < -0.4 is 0 Å². The van der Waals surface area contributed by atoms with Gasteiger partial charge in [0, 0.05) is 11.9 Å². The van der Waals surface area contributed by atoms with Crippen molar-refractivity contribution in [3.63, 3.8) is 0 Å². The molecule has 0 aliphatic heterocycles. The first-order chi connectivity index (χ1) is 7.43. The molecule has 0 bridgehead atoms. The molecular formula is C12H17BrO2. The molecule has 0 aromatic heterocycles. The van der Waals surface area contributed by atoms with Gasteiger partial charge in [-0.25, -0.2) is 0 Å². The number of rotatable bonds is 8. The lowest BCUT2D eigenvalue weighted by molar-refractivity contribution is 0.0411. The molecule has 0 atom stereocenters. The fourth-order valence-corrected chi connectivity index (χ4v) is 1.37. The number of hydrogen-bond donors (Lipinski definition) is 0. The molecule has 2 nitrogen and oxygen atoms in total. The van der Waals surface area contributed by atoms with Crippen LogP contribution in [0.2, 0.25) is 0 Å². The average molecular weight is 273 g/mol. The molecule has 0 saturated carbocycles. The Morgan fingerprint density at radius 2 is 1.67 bits per heavy atom. The van der Waals surface area contributed by atoms with Gasteiger partial charge in [0.1, 0.15) is 0 Å². The van der Waals surface area contributed by atoms with E-state index < -0.39 is 0 Å². The number of halogens is 1. The lowest BCUT2D eigenvalue weighted by Crippen LogP contribution is -2.05. The van der Waals surface area contributed by atoms with Crippen molar-refractivity contribution >= 4 is 15.9 Å². The van der Waals surface area contributed by atoms with E-state index in [0.717, 1.165) is 18.4 Å². The summed E-state index contributed by atoms with van der Waals surface area (Å²) in [6.07, 6.45) is 1.05. The Morgan fingerprint density at radius 1 is 0.933 bits per heavy atom. The van der Waals surface area contributed by atoms with Gasteiger partial charge >= 0.3 is 0 Å². The highest BCUT2D eigenvalue weighted by molar-refractivity contribution is 9.09. The summed E-state index contributed by atoms with van der Waals surface area (Å²) in [4.78, 5) is 0. The molecule has 0 fully saturated rings. The standard InChI is InChI=1S/C12H17BrO2/c13-7-4-8-14-9-10-15-11-12-5-2-1-3-6-12/h1-3,5-6H,4,7-11H2. The zero-order valence-electron chi connectivity index (χ0n) is 8.82. The van der Waals surface area contributed by atoms with E-state index in [1.807, 2.05) is 18.2 Å². The first-order valence-corrected chi connectivity index (χ1v) is 6.31.